The number of nitrogens with zero attached hydrogens (tertiary/aromatic N) is 3. The summed E-state index contributed by atoms with van der Waals surface area (Å²) in [6, 6.07) is 0. The van der Waals surface area contributed by atoms with Crippen LogP contribution in [0.5, 0.6) is 0 Å². The number of aromatic nitrogens is 2. The van der Waals surface area contributed by atoms with Crippen molar-refractivity contribution >= 4 is 5.95 Å². The number of rotatable bonds is 6. The maximum atomic E-state index is 9.54. The highest BCUT2D eigenvalue weighted by molar-refractivity contribution is 5.28. The SMILES string of the molecule is COCC(O)CN(C)c1ncc(CN)cn1. The van der Waals surface area contributed by atoms with Crippen molar-refractivity contribution in [2.75, 3.05) is 32.2 Å². The molecule has 16 heavy (non-hydrogen) atoms. The first-order valence-electron chi connectivity index (χ1n) is 5.06. The number of methoxy groups -OCH3 is 1. The van der Waals surface area contributed by atoms with Gasteiger partial charge in [0.2, 0.25) is 5.95 Å². The lowest BCUT2D eigenvalue weighted by Crippen LogP contribution is -2.32. The summed E-state index contributed by atoms with van der Waals surface area (Å²) in [5, 5.41) is 9.54. The van der Waals surface area contributed by atoms with E-state index < -0.39 is 6.10 Å². The molecule has 0 aliphatic heterocycles. The van der Waals surface area contributed by atoms with Crippen LogP contribution in [0.15, 0.2) is 12.4 Å². The fourth-order valence-corrected chi connectivity index (χ4v) is 1.29. The van der Waals surface area contributed by atoms with Gasteiger partial charge < -0.3 is 20.5 Å². The molecule has 6 heteroatoms. The smallest absolute Gasteiger partial charge is 0.225 e. The van der Waals surface area contributed by atoms with Crippen molar-refractivity contribution in [3.05, 3.63) is 18.0 Å². The first-order valence-corrected chi connectivity index (χ1v) is 5.06. The number of nitrogens with two attached hydrogens (primary N) is 1. The molecule has 90 valence electrons. The topological polar surface area (TPSA) is 84.5 Å². The Morgan fingerprint density at radius 2 is 2.12 bits per heavy atom. The van der Waals surface area contributed by atoms with E-state index in [0.717, 1.165) is 5.56 Å². The molecule has 0 amide bonds. The van der Waals surface area contributed by atoms with Gasteiger partial charge in [-0.05, 0) is 0 Å². The van der Waals surface area contributed by atoms with Crippen molar-refractivity contribution in [2.24, 2.45) is 5.73 Å². The molecule has 1 heterocycles. The van der Waals surface area contributed by atoms with E-state index in [-0.39, 0.29) is 0 Å². The number of hydrogen-bond donors (Lipinski definition) is 2. The van der Waals surface area contributed by atoms with Gasteiger partial charge >= 0.3 is 0 Å². The second-order valence-corrected chi connectivity index (χ2v) is 3.59. The van der Waals surface area contributed by atoms with Crippen LogP contribution < -0.4 is 10.6 Å². The first kappa shape index (κ1) is 12.8. The number of likely N-dealkylation sites (N-methyl/N-ethyl adjacent to an activating group) is 1. The zero-order valence-corrected chi connectivity index (χ0v) is 9.63. The molecule has 0 saturated carbocycles. The molecule has 0 aliphatic rings. The Morgan fingerprint density at radius 3 is 2.62 bits per heavy atom. The Hall–Kier alpha value is -1.24. The van der Waals surface area contributed by atoms with E-state index in [0.29, 0.717) is 25.6 Å². The normalized spacial score (nSPS) is 12.5. The van der Waals surface area contributed by atoms with E-state index in [1.165, 1.54) is 0 Å². The van der Waals surface area contributed by atoms with Crippen LogP contribution in [0.3, 0.4) is 0 Å². The zero-order chi connectivity index (χ0) is 12.0. The van der Waals surface area contributed by atoms with E-state index in [2.05, 4.69) is 9.97 Å². The zero-order valence-electron chi connectivity index (χ0n) is 9.63. The van der Waals surface area contributed by atoms with Crippen molar-refractivity contribution in [1.29, 1.82) is 0 Å². The summed E-state index contributed by atoms with van der Waals surface area (Å²) in [5.41, 5.74) is 6.33. The van der Waals surface area contributed by atoms with E-state index >= 15 is 0 Å². The van der Waals surface area contributed by atoms with Gasteiger partial charge in [0.15, 0.2) is 0 Å². The number of aliphatic hydroxyl groups excluding tert-OH is 1. The number of hydrogen-bond acceptors (Lipinski definition) is 6. The summed E-state index contributed by atoms with van der Waals surface area (Å²) in [6.07, 6.45) is 2.82. The number of anilines is 1. The van der Waals surface area contributed by atoms with Gasteiger partial charge in [-0.3, -0.25) is 0 Å². The molecule has 1 rings (SSSR count). The van der Waals surface area contributed by atoms with Gasteiger partial charge in [0.1, 0.15) is 0 Å². The second kappa shape index (κ2) is 6.37. The molecule has 0 spiro atoms. The Morgan fingerprint density at radius 1 is 1.50 bits per heavy atom. The van der Waals surface area contributed by atoms with Gasteiger partial charge in [-0.1, -0.05) is 0 Å². The molecule has 3 N–H and O–H groups in total. The highest BCUT2D eigenvalue weighted by atomic mass is 16.5. The highest BCUT2D eigenvalue weighted by Crippen LogP contribution is 2.05. The van der Waals surface area contributed by atoms with Gasteiger partial charge in [-0.15, -0.1) is 0 Å². The summed E-state index contributed by atoms with van der Waals surface area (Å²) in [5.74, 6) is 0.562. The summed E-state index contributed by atoms with van der Waals surface area (Å²) in [7, 11) is 3.37. The first-order chi connectivity index (χ1) is 7.67. The average Bonchev–Trinajstić information content (AvgIpc) is 2.29. The molecule has 1 aromatic rings. The molecule has 0 fully saturated rings. The quantitative estimate of drug-likeness (QED) is 0.672. The van der Waals surface area contributed by atoms with Gasteiger partial charge in [0.05, 0.1) is 12.7 Å². The summed E-state index contributed by atoms with van der Waals surface area (Å²) in [6.45, 7) is 1.15. The maximum Gasteiger partial charge on any atom is 0.225 e. The van der Waals surface area contributed by atoms with Crippen LogP contribution in [0.2, 0.25) is 0 Å². The third kappa shape index (κ3) is 3.73. The summed E-state index contributed by atoms with van der Waals surface area (Å²) < 4.78 is 4.84. The highest BCUT2D eigenvalue weighted by Gasteiger charge is 2.10. The van der Waals surface area contributed by atoms with Crippen molar-refractivity contribution in [1.82, 2.24) is 9.97 Å². The second-order valence-electron chi connectivity index (χ2n) is 3.59. The van der Waals surface area contributed by atoms with Crippen molar-refractivity contribution in [3.63, 3.8) is 0 Å². The molecular weight excluding hydrogens is 208 g/mol. The van der Waals surface area contributed by atoms with E-state index in [4.69, 9.17) is 10.5 Å². The van der Waals surface area contributed by atoms with Gasteiger partial charge in [0, 0.05) is 45.2 Å². The van der Waals surface area contributed by atoms with Crippen molar-refractivity contribution in [3.8, 4) is 0 Å². The molecule has 0 bridgehead atoms. The minimum Gasteiger partial charge on any atom is -0.389 e. The van der Waals surface area contributed by atoms with Crippen LogP contribution in [0.4, 0.5) is 5.95 Å². The van der Waals surface area contributed by atoms with Crippen LogP contribution in [0.1, 0.15) is 5.56 Å². The van der Waals surface area contributed by atoms with Gasteiger partial charge in [-0.25, -0.2) is 9.97 Å². The average molecular weight is 226 g/mol. The molecule has 0 aliphatic carbocycles. The van der Waals surface area contributed by atoms with Crippen molar-refractivity contribution < 1.29 is 9.84 Å². The predicted octanol–water partition coefficient (Wildman–Crippen LogP) is -0.621. The van der Waals surface area contributed by atoms with Crippen molar-refractivity contribution in [2.45, 2.75) is 12.6 Å². The van der Waals surface area contributed by atoms with E-state index in [9.17, 15) is 5.11 Å². The lowest BCUT2D eigenvalue weighted by molar-refractivity contribution is 0.0693. The third-order valence-corrected chi connectivity index (χ3v) is 2.11. The Balaban J connectivity index is 2.55. The monoisotopic (exact) mass is 226 g/mol. The van der Waals surface area contributed by atoms with Gasteiger partial charge in [-0.2, -0.15) is 0 Å². The molecular formula is C10H18N4O2. The molecule has 0 saturated heterocycles. The summed E-state index contributed by atoms with van der Waals surface area (Å²) >= 11 is 0. The number of ether oxygens (including phenoxy) is 1. The van der Waals surface area contributed by atoms with E-state index in [1.807, 2.05) is 7.05 Å². The van der Waals surface area contributed by atoms with Crippen LogP contribution in [-0.2, 0) is 11.3 Å². The predicted molar refractivity (Wildman–Crippen MR) is 61.1 cm³/mol. The van der Waals surface area contributed by atoms with Crippen LogP contribution in [0.25, 0.3) is 0 Å². The maximum absolute atomic E-state index is 9.54. The molecule has 1 aromatic heterocycles. The van der Waals surface area contributed by atoms with Crippen LogP contribution >= 0.6 is 0 Å². The lowest BCUT2D eigenvalue weighted by atomic mass is 10.3. The standard InChI is InChI=1S/C10H18N4O2/c1-14(6-9(15)7-16-2)10-12-4-8(3-11)5-13-10/h4-5,9,15H,3,6-7,11H2,1-2H3. The molecule has 0 radical (unpaired) electrons. The largest absolute Gasteiger partial charge is 0.389 e. The third-order valence-electron chi connectivity index (χ3n) is 2.11. The molecule has 1 atom stereocenters. The Kier molecular flexibility index (Phi) is 5.10. The Bertz CT molecular complexity index is 304. The van der Waals surface area contributed by atoms with Crippen LogP contribution in [0, 0.1) is 0 Å². The fourth-order valence-electron chi connectivity index (χ4n) is 1.29. The molecule has 1 unspecified atom stereocenters. The minimum atomic E-state index is -0.548. The van der Waals surface area contributed by atoms with Gasteiger partial charge in [0.25, 0.3) is 0 Å². The Labute approximate surface area is 95.1 Å². The van der Waals surface area contributed by atoms with Crippen LogP contribution in [-0.4, -0.2) is 48.5 Å². The molecule has 6 nitrogen and oxygen atoms in total. The van der Waals surface area contributed by atoms with E-state index in [1.54, 1.807) is 24.4 Å². The summed E-state index contributed by atoms with van der Waals surface area (Å²) in [4.78, 5) is 10.1. The lowest BCUT2D eigenvalue weighted by Gasteiger charge is -2.20. The molecule has 0 aromatic carbocycles. The minimum absolute atomic E-state index is 0.297. The number of aliphatic hydroxyl groups is 1. The fraction of sp³-hybridized carbons (Fsp3) is 0.600.